The lowest BCUT2D eigenvalue weighted by Gasteiger charge is -1.92. The van der Waals surface area contributed by atoms with Gasteiger partial charge in [0.25, 0.3) is 0 Å². The molecule has 0 bridgehead atoms. The lowest BCUT2D eigenvalue weighted by molar-refractivity contribution is 0.501. The highest BCUT2D eigenvalue weighted by molar-refractivity contribution is 5.53. The lowest BCUT2D eigenvalue weighted by atomic mass is 10.2. The van der Waals surface area contributed by atoms with Crippen LogP contribution in [0.2, 0.25) is 0 Å². The minimum atomic E-state index is -0.335. The molecule has 0 N–H and O–H groups in total. The summed E-state index contributed by atoms with van der Waals surface area (Å²) in [6, 6.07) is 14.9. The number of hydrogen-bond acceptors (Lipinski definition) is 2. The van der Waals surface area contributed by atoms with Gasteiger partial charge in [-0.3, -0.25) is 0 Å². The van der Waals surface area contributed by atoms with Gasteiger partial charge < -0.3 is 4.42 Å². The molecule has 0 unspecified atom stereocenters. The van der Waals surface area contributed by atoms with Crippen LogP contribution < -0.4 is 5.63 Å². The molecule has 20 heavy (non-hydrogen) atoms. The number of rotatable bonds is 4. The van der Waals surface area contributed by atoms with Crippen LogP contribution in [0.15, 0.2) is 81.5 Å². The maximum absolute atomic E-state index is 11.0. The average Bonchev–Trinajstić information content (AvgIpc) is 2.46. The highest BCUT2D eigenvalue weighted by Gasteiger charge is 1.89. The second-order valence-corrected chi connectivity index (χ2v) is 4.36. The molecular formula is C18H16O2. The van der Waals surface area contributed by atoms with Gasteiger partial charge in [0.2, 0.25) is 0 Å². The smallest absolute Gasteiger partial charge is 0.336 e. The van der Waals surface area contributed by atoms with Crippen molar-refractivity contribution in [1.82, 2.24) is 0 Å². The van der Waals surface area contributed by atoms with Gasteiger partial charge in [-0.05, 0) is 24.6 Å². The zero-order valence-electron chi connectivity index (χ0n) is 11.3. The third kappa shape index (κ3) is 4.58. The van der Waals surface area contributed by atoms with Crippen molar-refractivity contribution in [3.8, 4) is 0 Å². The van der Waals surface area contributed by atoms with E-state index >= 15 is 0 Å². The van der Waals surface area contributed by atoms with Crippen LogP contribution >= 0.6 is 0 Å². The minimum Gasteiger partial charge on any atom is -0.423 e. The Hall–Kier alpha value is -2.61. The maximum Gasteiger partial charge on any atom is 0.336 e. The van der Waals surface area contributed by atoms with Crippen molar-refractivity contribution in [2.75, 3.05) is 0 Å². The van der Waals surface area contributed by atoms with Gasteiger partial charge in [-0.1, -0.05) is 66.3 Å². The maximum atomic E-state index is 11.0. The van der Waals surface area contributed by atoms with Gasteiger partial charge in [-0.2, -0.15) is 0 Å². The Morgan fingerprint density at radius 3 is 2.55 bits per heavy atom. The summed E-state index contributed by atoms with van der Waals surface area (Å²) < 4.78 is 5.01. The van der Waals surface area contributed by atoms with E-state index < -0.39 is 0 Å². The van der Waals surface area contributed by atoms with Crippen molar-refractivity contribution < 1.29 is 4.42 Å². The summed E-state index contributed by atoms with van der Waals surface area (Å²) >= 11 is 0. The largest absolute Gasteiger partial charge is 0.423 e. The topological polar surface area (TPSA) is 30.2 Å². The van der Waals surface area contributed by atoms with Crippen LogP contribution in [0.25, 0.3) is 12.2 Å². The second kappa shape index (κ2) is 7.10. The van der Waals surface area contributed by atoms with Crippen molar-refractivity contribution in [3.63, 3.8) is 0 Å². The van der Waals surface area contributed by atoms with E-state index in [9.17, 15) is 4.79 Å². The molecular weight excluding hydrogens is 248 g/mol. The van der Waals surface area contributed by atoms with Crippen LogP contribution in [0.1, 0.15) is 18.2 Å². The van der Waals surface area contributed by atoms with Crippen molar-refractivity contribution in [2.45, 2.75) is 6.92 Å². The molecule has 0 amide bonds. The van der Waals surface area contributed by atoms with Crippen molar-refractivity contribution in [1.29, 1.82) is 0 Å². The highest BCUT2D eigenvalue weighted by Crippen LogP contribution is 2.05. The molecule has 1 aromatic heterocycles. The molecule has 1 heterocycles. The molecule has 0 aliphatic heterocycles. The summed E-state index contributed by atoms with van der Waals surface area (Å²) in [6.45, 7) is 1.99. The van der Waals surface area contributed by atoms with Crippen LogP contribution in [-0.2, 0) is 0 Å². The SMILES string of the molecule is CC(C=Cc1cccc(=O)o1)=CC=Cc1ccccc1. The molecule has 2 nitrogen and oxygen atoms in total. The first kappa shape index (κ1) is 13.8. The molecule has 0 aliphatic carbocycles. The molecule has 0 fully saturated rings. The predicted molar refractivity (Wildman–Crippen MR) is 83.2 cm³/mol. The summed E-state index contributed by atoms with van der Waals surface area (Å²) in [5, 5.41) is 0. The molecule has 0 atom stereocenters. The summed E-state index contributed by atoms with van der Waals surface area (Å²) in [7, 11) is 0. The summed E-state index contributed by atoms with van der Waals surface area (Å²) in [6.07, 6.45) is 9.73. The standard InChI is InChI=1S/C18H16O2/c1-15(7-5-10-16-8-3-2-4-9-16)13-14-17-11-6-12-18(19)20-17/h2-14H,1H3. The zero-order chi connectivity index (χ0) is 14.2. The Morgan fingerprint density at radius 2 is 1.80 bits per heavy atom. The summed E-state index contributed by atoms with van der Waals surface area (Å²) in [4.78, 5) is 11.0. The first-order valence-corrected chi connectivity index (χ1v) is 6.42. The number of hydrogen-bond donors (Lipinski definition) is 0. The first-order chi connectivity index (χ1) is 9.74. The van der Waals surface area contributed by atoms with E-state index in [4.69, 9.17) is 4.42 Å². The fourth-order valence-corrected chi connectivity index (χ4v) is 1.64. The van der Waals surface area contributed by atoms with Gasteiger partial charge in [0.1, 0.15) is 5.76 Å². The lowest BCUT2D eigenvalue weighted by Crippen LogP contribution is -1.94. The van der Waals surface area contributed by atoms with E-state index in [2.05, 4.69) is 0 Å². The first-order valence-electron chi connectivity index (χ1n) is 6.42. The molecule has 0 spiro atoms. The van der Waals surface area contributed by atoms with Gasteiger partial charge in [-0.25, -0.2) is 4.79 Å². The van der Waals surface area contributed by atoms with Crippen molar-refractivity contribution in [2.24, 2.45) is 0 Å². The van der Waals surface area contributed by atoms with Gasteiger partial charge in [0.05, 0.1) is 0 Å². The Bertz CT molecular complexity index is 689. The number of benzene rings is 1. The van der Waals surface area contributed by atoms with Crippen LogP contribution in [0.4, 0.5) is 0 Å². The second-order valence-electron chi connectivity index (χ2n) is 4.36. The normalized spacial score (nSPS) is 12.3. The van der Waals surface area contributed by atoms with Crippen LogP contribution in [-0.4, -0.2) is 0 Å². The van der Waals surface area contributed by atoms with Crippen LogP contribution in [0.3, 0.4) is 0 Å². The zero-order valence-corrected chi connectivity index (χ0v) is 11.3. The molecule has 1 aromatic carbocycles. The average molecular weight is 264 g/mol. The minimum absolute atomic E-state index is 0.335. The third-order valence-electron chi connectivity index (χ3n) is 2.67. The van der Waals surface area contributed by atoms with Crippen LogP contribution in [0, 0.1) is 0 Å². The molecule has 2 rings (SSSR count). The van der Waals surface area contributed by atoms with E-state index in [1.165, 1.54) is 6.07 Å². The molecule has 2 heteroatoms. The van der Waals surface area contributed by atoms with Crippen molar-refractivity contribution in [3.05, 3.63) is 94.1 Å². The molecule has 100 valence electrons. The van der Waals surface area contributed by atoms with Gasteiger partial charge in [-0.15, -0.1) is 0 Å². The van der Waals surface area contributed by atoms with Crippen LogP contribution in [0.5, 0.6) is 0 Å². The molecule has 0 saturated heterocycles. The predicted octanol–water partition coefficient (Wildman–Crippen LogP) is 4.31. The third-order valence-corrected chi connectivity index (χ3v) is 2.67. The quantitative estimate of drug-likeness (QED) is 0.770. The van der Waals surface area contributed by atoms with Gasteiger partial charge in [0.15, 0.2) is 0 Å². The van der Waals surface area contributed by atoms with E-state index in [1.54, 1.807) is 18.2 Å². The Labute approximate surface area is 118 Å². The Morgan fingerprint density at radius 1 is 1.00 bits per heavy atom. The van der Waals surface area contributed by atoms with Gasteiger partial charge >= 0.3 is 5.63 Å². The fourth-order valence-electron chi connectivity index (χ4n) is 1.64. The van der Waals surface area contributed by atoms with E-state index in [0.29, 0.717) is 5.76 Å². The highest BCUT2D eigenvalue weighted by atomic mass is 16.4. The number of allylic oxidation sites excluding steroid dienone is 4. The summed E-state index contributed by atoms with van der Waals surface area (Å²) in [5.41, 5.74) is 1.90. The van der Waals surface area contributed by atoms with Crippen molar-refractivity contribution >= 4 is 12.2 Å². The fraction of sp³-hybridized carbons (Fsp3) is 0.0556. The van der Waals surface area contributed by atoms with E-state index in [1.807, 2.05) is 61.6 Å². The summed E-state index contributed by atoms with van der Waals surface area (Å²) in [5.74, 6) is 0.553. The molecule has 0 saturated carbocycles. The van der Waals surface area contributed by atoms with Gasteiger partial charge in [0, 0.05) is 6.07 Å². The monoisotopic (exact) mass is 264 g/mol. The van der Waals surface area contributed by atoms with E-state index in [-0.39, 0.29) is 5.63 Å². The molecule has 0 radical (unpaired) electrons. The Balaban J connectivity index is 2.01. The molecule has 2 aromatic rings. The van der Waals surface area contributed by atoms with E-state index in [0.717, 1.165) is 11.1 Å². The molecule has 0 aliphatic rings. The Kier molecular flexibility index (Phi) is 4.90.